The van der Waals surface area contributed by atoms with Gasteiger partial charge in [0, 0.05) is 217 Å². The second-order valence-corrected chi connectivity index (χ2v) is 39.0. The molecule has 0 radical (unpaired) electrons. The molecule has 53 heteroatoms. The number of esters is 4. The van der Waals surface area contributed by atoms with E-state index in [0.717, 1.165) is 34.7 Å². The van der Waals surface area contributed by atoms with Crippen LogP contribution in [0.2, 0.25) is 0 Å². The van der Waals surface area contributed by atoms with Crippen molar-refractivity contribution in [3.63, 3.8) is 0 Å². The molecular formula is C76H91ClF4N14O19S15. The third-order valence-electron chi connectivity index (χ3n) is 17.0. The number of hydrogen-bond acceptors (Lipinski definition) is 35. The number of pyridine rings is 4. The molecule has 129 heavy (non-hydrogen) atoms. The van der Waals surface area contributed by atoms with Gasteiger partial charge in [0.15, 0.2) is 28.7 Å². The van der Waals surface area contributed by atoms with Crippen molar-refractivity contribution in [2.45, 2.75) is 161 Å². The number of nitrogens with two attached hydrogens (primary N) is 1. The minimum absolute atomic E-state index is 0. The molecule has 5 N–H and O–H groups in total. The molecule has 8 atom stereocenters. The third kappa shape index (κ3) is 41.0. The third-order valence-corrected chi connectivity index (χ3v) is 23.7. The number of carboxylic acids is 1. The van der Waals surface area contributed by atoms with Crippen LogP contribution in [0.1, 0.15) is 144 Å². The lowest BCUT2D eigenvalue weighted by atomic mass is 10.0. The van der Waals surface area contributed by atoms with Crippen molar-refractivity contribution in [2.75, 3.05) is 65.7 Å². The van der Waals surface area contributed by atoms with E-state index in [1.54, 1.807) is 115 Å². The number of fused-ring (bicyclic) bond motifs is 1. The Balaban J connectivity index is 0.000000819. The predicted octanol–water partition coefficient (Wildman–Crippen LogP) is 8.14. The van der Waals surface area contributed by atoms with E-state index in [-0.39, 0.29) is 149 Å². The van der Waals surface area contributed by atoms with Gasteiger partial charge in [-0.1, -0.05) is 30.3 Å². The van der Waals surface area contributed by atoms with Crippen LogP contribution in [0.3, 0.4) is 0 Å². The van der Waals surface area contributed by atoms with E-state index < -0.39 is 114 Å². The number of likely N-dealkylation sites (tertiary alicyclic amines) is 3. The molecule has 7 aromatic rings. The average molecular weight is 2100 g/mol. The first-order valence-electron chi connectivity index (χ1n) is 36.9. The number of halogens is 5. The number of ketones is 3. The largest absolute Gasteiger partial charge is 0.480 e. The number of alkyl halides is 4. The van der Waals surface area contributed by atoms with Gasteiger partial charge in [-0.25, -0.2) is 81.0 Å². The van der Waals surface area contributed by atoms with Crippen LogP contribution in [0.25, 0.3) is 22.0 Å². The van der Waals surface area contributed by atoms with Crippen molar-refractivity contribution in [3.8, 4) is 11.1 Å². The van der Waals surface area contributed by atoms with Gasteiger partial charge < -0.3 is 54.8 Å². The van der Waals surface area contributed by atoms with Gasteiger partial charge in [-0.2, -0.15) is 18.6 Å². The minimum atomic E-state index is -1.41. The van der Waals surface area contributed by atoms with Crippen molar-refractivity contribution in [2.24, 2.45) is 0 Å². The molecule has 0 saturated carbocycles. The number of hydrogen-bond donors (Lipinski definition) is 4. The van der Waals surface area contributed by atoms with Gasteiger partial charge in [0.1, 0.15) is 89.1 Å². The second-order valence-electron chi connectivity index (χ2n) is 28.3. The monoisotopic (exact) mass is 2090 g/mol. The number of carbonyl (C=O) groups is 12. The molecule has 0 bridgehead atoms. The van der Waals surface area contributed by atoms with E-state index in [4.69, 9.17) is 20.3 Å². The molecule has 704 valence electrons. The number of methoxy groups -OCH3 is 4. The highest BCUT2D eigenvalue weighted by Crippen LogP contribution is 2.30. The maximum absolute atomic E-state index is 14.5. The summed E-state index contributed by atoms with van der Waals surface area (Å²) in [6, 6.07) is 20.4. The first-order valence-corrected chi connectivity index (χ1v) is 50.2. The normalized spacial score (nSPS) is 17.0. The van der Waals surface area contributed by atoms with Crippen LogP contribution in [0.4, 0.5) is 38.8 Å². The number of aryl methyl sites for hydroxylation is 1. The van der Waals surface area contributed by atoms with Crippen LogP contribution in [0.15, 0.2) is 103 Å². The smallest absolute Gasteiger partial charge is 0.411 e. The minimum Gasteiger partial charge on any atom is -0.480 e. The Kier molecular flexibility index (Phi) is 55.5. The van der Waals surface area contributed by atoms with Crippen LogP contribution in [0, 0.1) is 6.92 Å². The van der Waals surface area contributed by atoms with Crippen molar-refractivity contribution in [1.29, 1.82) is 0 Å². The molecule has 0 unspecified atom stereocenters. The summed E-state index contributed by atoms with van der Waals surface area (Å²) in [7, 11) is 12.2. The molecule has 11 rings (SSSR count). The maximum Gasteiger partial charge on any atom is 0.411 e. The summed E-state index contributed by atoms with van der Waals surface area (Å²) in [4.78, 5) is 171. The summed E-state index contributed by atoms with van der Waals surface area (Å²) < 4.78 is 84.3. The lowest BCUT2D eigenvalue weighted by Crippen LogP contribution is -2.44. The molecule has 4 aliphatic rings. The van der Waals surface area contributed by atoms with E-state index in [0.29, 0.717) is 33.9 Å². The van der Waals surface area contributed by atoms with Gasteiger partial charge in [-0.15, -0.1) is 12.4 Å². The second kappa shape index (κ2) is 60.5. The quantitative estimate of drug-likeness (QED) is 0.0289. The number of aromatic nitrogens is 8. The van der Waals surface area contributed by atoms with Crippen LogP contribution in [0.5, 0.6) is 0 Å². The SMILES string of the molecule is CC(C)(C)OC(=O)N1C[C@H](F)C[C@H]1C(=O)O.COC(=O)c1cccc(CC(=O)[C@@H]2C[C@@H](F)CN2)n1.COC(=O)c1cccc(CC(=O)[C@@H]2C[C@@H](F)CN2C(=O)OC(C)(C)C)n1.COC(=O)c1cccc(N)n1.COC(=O)c1cccc(NC(=O)[C@@H]2C[C@@H](F)CN2C(=O)Cn2nc(C(C)=O)c3cc(-c4cnc(C)nc4)ccc32)n1.Cl.S.S=S.S=S=S.S=S=S=S.S=S=S=S=S. The zero-order chi connectivity index (χ0) is 95.6. The Morgan fingerprint density at radius 3 is 1.40 bits per heavy atom. The molecule has 1 aromatic carbocycles. The average Bonchev–Trinajstić information content (AvgIpc) is 1.62. The molecule has 4 saturated heterocycles. The van der Waals surface area contributed by atoms with Gasteiger partial charge in [0.2, 0.25) is 11.8 Å². The van der Waals surface area contributed by atoms with Gasteiger partial charge >= 0.3 is 42.0 Å². The van der Waals surface area contributed by atoms with Crippen LogP contribution >= 0.6 is 25.9 Å². The van der Waals surface area contributed by atoms with Gasteiger partial charge in [-0.3, -0.25) is 38.5 Å². The number of aliphatic carboxylic acids is 1. The molecule has 0 aliphatic carbocycles. The number of ether oxygens (including phenoxy) is 6. The van der Waals surface area contributed by atoms with Crippen LogP contribution in [-0.2, 0) is 215 Å². The van der Waals surface area contributed by atoms with Crippen molar-refractivity contribution in [1.82, 2.24) is 59.7 Å². The molecule has 0 spiro atoms. The van der Waals surface area contributed by atoms with E-state index >= 15 is 0 Å². The molecule has 33 nitrogen and oxygen atoms in total. The topological polar surface area (TPSA) is 435 Å². The molecule has 10 heterocycles. The summed E-state index contributed by atoms with van der Waals surface area (Å²) in [6.07, 6.45) is -3.39. The molecular weight excluding hydrogens is 2010 g/mol. The Morgan fingerprint density at radius 1 is 0.558 bits per heavy atom. The number of carboxylic acid groups (broad SMARTS) is 1. The summed E-state index contributed by atoms with van der Waals surface area (Å²) in [5, 5.41) is 19.1. The fourth-order valence-electron chi connectivity index (χ4n) is 11.7. The van der Waals surface area contributed by atoms with Crippen molar-refractivity contribution in [3.05, 3.63) is 149 Å². The Bertz CT molecular complexity index is 5300. The number of benzene rings is 1. The van der Waals surface area contributed by atoms with E-state index in [1.807, 2.05) is 6.07 Å². The predicted molar refractivity (Wildman–Crippen MR) is 515 cm³/mol. The standard InChI is InChI=1S/C28H26FN7O5.C18H23FN2O5.C13H15FN2O3.C10H16FNO4.C7H8N2O2.ClH.S5.S4.S3.S2.H2S/c1-15(37)26-20-9-17(18-11-30-16(2)31-12-18)7-8-22(20)36(34-26)14-25(38)35-13-19(29)10-23(35)27(39)33-24-6-4-5-21(32-24)28(40)41-3;1-18(2,3)26-17(24)21-10-11(19)8-14(21)15(22)9-12-6-5-7-13(20-12)16(23)25-4;1-19-13(18)10-4-2-3-9(16-10)6-12(17)11-5-8(14)7-15-11;1-10(2,3)16-9(15)12-5-6(11)4-7(12)8(13)14;1-11-7(10)5-3-2-4-6(8)9-5;;1-3-5-4-2;1-3-4-2;1-3-2;1-2;/h4-9,11-12,19,23H,10,13-14H2,1-3H3,(H,32,33,39);5-7,11,14H,8-10H2,1-4H3;2-4,8,11,15H,5-7H2,1H3;6-7H,4-5H2,1-3H3,(H,13,14);2-4H,1H3,(H2,8,9);1H;;;;;1H2/t19-,23+;11-,14+;8-,11+;6-,7+;;;;;;;/m1111......./s1. The summed E-state index contributed by atoms with van der Waals surface area (Å²) >= 11 is 33.1. The highest BCUT2D eigenvalue weighted by molar-refractivity contribution is 8.59. The van der Waals surface area contributed by atoms with E-state index in [9.17, 15) is 75.1 Å². The van der Waals surface area contributed by atoms with Crippen molar-refractivity contribution >= 4 is 262 Å². The zero-order valence-corrected chi connectivity index (χ0v) is 83.9. The van der Waals surface area contributed by atoms with Gasteiger partial charge in [0.25, 0.3) is 0 Å². The number of carbonyl (C=O) groups excluding carboxylic acids is 11. The maximum atomic E-state index is 14.5. The van der Waals surface area contributed by atoms with E-state index in [1.165, 1.54) is 115 Å². The summed E-state index contributed by atoms with van der Waals surface area (Å²) in [6.45, 7) is 12.5. The number of nitrogens with zero attached hydrogens (tertiary/aromatic N) is 11. The summed E-state index contributed by atoms with van der Waals surface area (Å²) in [5.41, 5.74) is 7.40. The van der Waals surface area contributed by atoms with Gasteiger partial charge in [0.05, 0.1) is 78.5 Å². The fraction of sp³-hybridized carbons (Fsp3) is 0.434. The van der Waals surface area contributed by atoms with E-state index in [2.05, 4.69) is 154 Å². The number of rotatable bonds is 17. The number of nitrogen functional groups attached to an aromatic ring is 1. The van der Waals surface area contributed by atoms with Crippen molar-refractivity contribution < 1.29 is 109 Å². The number of Topliss-reactive ketones (excluding diaryl/α,β-unsaturated/α-hetero) is 3. The Morgan fingerprint density at radius 2 is 0.984 bits per heavy atom. The summed E-state index contributed by atoms with van der Waals surface area (Å²) in [5.74, 6) is -4.47. The lowest BCUT2D eigenvalue weighted by molar-refractivity contribution is -0.142. The first kappa shape index (κ1) is 118. The first-order chi connectivity index (χ1) is 60.0. The number of anilines is 2. The fourth-order valence-corrected chi connectivity index (χ4v) is 14.4. The zero-order valence-electron chi connectivity index (χ0n) is 70.6. The number of amides is 4. The Hall–Kier alpha value is -8.59. The van der Waals surface area contributed by atoms with Gasteiger partial charge in [-0.05, 0) is 115 Å². The molecule has 4 aliphatic heterocycles. The highest BCUT2D eigenvalue weighted by atomic mass is 35.5. The molecule has 6 aromatic heterocycles. The molecule has 4 fully saturated rings. The van der Waals surface area contributed by atoms with Crippen LogP contribution in [-0.4, -0.2) is 245 Å². The number of nitrogens with one attached hydrogen (secondary N) is 2. The molecule has 4 amide bonds. The highest BCUT2D eigenvalue weighted by Gasteiger charge is 2.44. The Labute approximate surface area is 809 Å². The van der Waals surface area contributed by atoms with Crippen LogP contribution < -0.4 is 16.4 Å². The lowest BCUT2D eigenvalue weighted by Gasteiger charge is -2.27.